The Morgan fingerprint density at radius 2 is 2.17 bits per heavy atom. The summed E-state index contributed by atoms with van der Waals surface area (Å²) in [4.78, 5) is 21.7. The van der Waals surface area contributed by atoms with E-state index in [1.54, 1.807) is 0 Å². The molecule has 1 atom stereocenters. The molecule has 1 aromatic carbocycles. The van der Waals surface area contributed by atoms with E-state index >= 15 is 0 Å². The zero-order valence-corrected chi connectivity index (χ0v) is 14.6. The number of nitrogens with zero attached hydrogens (tertiary/aromatic N) is 2. The van der Waals surface area contributed by atoms with Gasteiger partial charge in [-0.3, -0.25) is 4.79 Å². The Morgan fingerprint density at radius 1 is 1.38 bits per heavy atom. The van der Waals surface area contributed by atoms with Crippen LogP contribution in [0.1, 0.15) is 37.7 Å². The molecule has 1 aromatic heterocycles. The number of aromatic nitrogens is 2. The zero-order valence-electron chi connectivity index (χ0n) is 13.9. The van der Waals surface area contributed by atoms with E-state index in [1.807, 2.05) is 35.2 Å². The molecule has 1 aliphatic rings. The van der Waals surface area contributed by atoms with Gasteiger partial charge in [0.1, 0.15) is 5.82 Å². The first-order valence-electron chi connectivity index (χ1n) is 8.49. The molecule has 0 spiro atoms. The second-order valence-corrected chi connectivity index (χ2v) is 6.54. The van der Waals surface area contributed by atoms with Gasteiger partial charge in [-0.25, -0.2) is 4.98 Å². The van der Waals surface area contributed by atoms with Crippen molar-refractivity contribution < 1.29 is 4.79 Å². The van der Waals surface area contributed by atoms with Gasteiger partial charge in [-0.15, -0.1) is 0 Å². The summed E-state index contributed by atoms with van der Waals surface area (Å²) >= 11 is 6.20. The summed E-state index contributed by atoms with van der Waals surface area (Å²) in [5.74, 6) is 1.09. The van der Waals surface area contributed by atoms with Gasteiger partial charge in [0.05, 0.1) is 5.69 Å². The predicted octanol–water partition coefficient (Wildman–Crippen LogP) is 3.30. The van der Waals surface area contributed by atoms with Crippen LogP contribution < -0.4 is 10.2 Å². The van der Waals surface area contributed by atoms with Crippen molar-refractivity contribution in [2.24, 2.45) is 0 Å². The molecule has 0 radical (unpaired) electrons. The van der Waals surface area contributed by atoms with Crippen molar-refractivity contribution in [1.82, 2.24) is 15.3 Å². The third kappa shape index (κ3) is 3.97. The van der Waals surface area contributed by atoms with Crippen LogP contribution in [0.3, 0.4) is 0 Å². The van der Waals surface area contributed by atoms with Crippen LogP contribution in [0.2, 0.25) is 5.15 Å². The number of anilines is 1. The van der Waals surface area contributed by atoms with Gasteiger partial charge < -0.3 is 15.2 Å². The number of carbonyl (C=O) groups excluding carboxylic acids is 1. The number of para-hydroxylation sites is 1. The zero-order chi connectivity index (χ0) is 16.9. The highest BCUT2D eigenvalue weighted by atomic mass is 35.5. The first kappa shape index (κ1) is 17.0. The number of unbranched alkanes of at least 4 members (excludes halogenated alkanes) is 1. The SMILES string of the molecule is CCCCc1nc(Cl)c(CN[C@H]2CC(=O)N(c3ccccc3)C2)[nH]1. The highest BCUT2D eigenvalue weighted by molar-refractivity contribution is 6.30. The van der Waals surface area contributed by atoms with Crippen molar-refractivity contribution in [2.75, 3.05) is 11.4 Å². The summed E-state index contributed by atoms with van der Waals surface area (Å²) < 4.78 is 0. The maximum Gasteiger partial charge on any atom is 0.228 e. The second kappa shape index (κ2) is 7.81. The lowest BCUT2D eigenvalue weighted by atomic mass is 10.2. The Labute approximate surface area is 147 Å². The number of benzene rings is 1. The van der Waals surface area contributed by atoms with Crippen LogP contribution in [-0.2, 0) is 17.8 Å². The average Bonchev–Trinajstić information content (AvgIpc) is 3.14. The van der Waals surface area contributed by atoms with Gasteiger partial charge >= 0.3 is 0 Å². The van der Waals surface area contributed by atoms with Crippen LogP contribution in [0.4, 0.5) is 5.69 Å². The fraction of sp³-hybridized carbons (Fsp3) is 0.444. The van der Waals surface area contributed by atoms with Crippen LogP contribution in [-0.4, -0.2) is 28.5 Å². The fourth-order valence-electron chi connectivity index (χ4n) is 2.97. The molecular weight excluding hydrogens is 324 g/mol. The van der Waals surface area contributed by atoms with Crippen LogP contribution in [0.15, 0.2) is 30.3 Å². The van der Waals surface area contributed by atoms with Crippen molar-refractivity contribution in [3.8, 4) is 0 Å². The summed E-state index contributed by atoms with van der Waals surface area (Å²) in [6.07, 6.45) is 3.65. The molecule has 2 heterocycles. The molecule has 1 aliphatic heterocycles. The molecule has 2 aromatic rings. The number of hydrogen-bond acceptors (Lipinski definition) is 3. The van der Waals surface area contributed by atoms with Gasteiger partial charge in [-0.1, -0.05) is 43.1 Å². The molecule has 24 heavy (non-hydrogen) atoms. The Kier molecular flexibility index (Phi) is 5.53. The number of amides is 1. The van der Waals surface area contributed by atoms with Gasteiger partial charge in [0.2, 0.25) is 5.91 Å². The van der Waals surface area contributed by atoms with E-state index in [1.165, 1.54) is 0 Å². The molecule has 1 saturated heterocycles. The molecule has 1 fully saturated rings. The Hall–Kier alpha value is -1.85. The van der Waals surface area contributed by atoms with E-state index in [-0.39, 0.29) is 11.9 Å². The lowest BCUT2D eigenvalue weighted by Crippen LogP contribution is -2.32. The van der Waals surface area contributed by atoms with Gasteiger partial charge in [0.25, 0.3) is 0 Å². The third-order valence-electron chi connectivity index (χ3n) is 4.30. The van der Waals surface area contributed by atoms with Crippen molar-refractivity contribution >= 4 is 23.2 Å². The minimum Gasteiger partial charge on any atom is -0.344 e. The van der Waals surface area contributed by atoms with Crippen LogP contribution in [0.5, 0.6) is 0 Å². The lowest BCUT2D eigenvalue weighted by Gasteiger charge is -2.17. The maximum absolute atomic E-state index is 12.2. The molecule has 6 heteroatoms. The molecule has 5 nitrogen and oxygen atoms in total. The van der Waals surface area contributed by atoms with Crippen LogP contribution >= 0.6 is 11.6 Å². The van der Waals surface area contributed by atoms with E-state index in [2.05, 4.69) is 22.2 Å². The number of nitrogens with one attached hydrogen (secondary N) is 2. The Bertz CT molecular complexity index is 686. The van der Waals surface area contributed by atoms with Crippen molar-refractivity contribution in [2.45, 2.75) is 45.2 Å². The molecule has 1 amide bonds. The topological polar surface area (TPSA) is 61.0 Å². The summed E-state index contributed by atoms with van der Waals surface area (Å²) in [6.45, 7) is 3.43. The van der Waals surface area contributed by atoms with Crippen molar-refractivity contribution in [1.29, 1.82) is 0 Å². The third-order valence-corrected chi connectivity index (χ3v) is 4.62. The number of H-pyrrole nitrogens is 1. The highest BCUT2D eigenvalue weighted by Crippen LogP contribution is 2.21. The monoisotopic (exact) mass is 346 g/mol. The summed E-state index contributed by atoms with van der Waals surface area (Å²) in [6, 6.07) is 9.90. The molecule has 0 saturated carbocycles. The minimum atomic E-state index is 0.121. The Morgan fingerprint density at radius 3 is 2.92 bits per heavy atom. The summed E-state index contributed by atoms with van der Waals surface area (Å²) in [5, 5.41) is 3.95. The second-order valence-electron chi connectivity index (χ2n) is 6.18. The number of halogens is 1. The normalized spacial score (nSPS) is 17.7. The van der Waals surface area contributed by atoms with Gasteiger partial charge in [0, 0.05) is 37.7 Å². The quantitative estimate of drug-likeness (QED) is 0.808. The molecule has 0 aliphatic carbocycles. The number of rotatable bonds is 7. The smallest absolute Gasteiger partial charge is 0.228 e. The molecule has 3 rings (SSSR count). The first-order valence-corrected chi connectivity index (χ1v) is 8.87. The summed E-state index contributed by atoms with van der Waals surface area (Å²) in [5.41, 5.74) is 1.85. The fourth-order valence-corrected chi connectivity index (χ4v) is 3.18. The van der Waals surface area contributed by atoms with Crippen LogP contribution in [0.25, 0.3) is 0 Å². The molecule has 128 valence electrons. The molecule has 0 bridgehead atoms. The molecule has 2 N–H and O–H groups in total. The lowest BCUT2D eigenvalue weighted by molar-refractivity contribution is -0.117. The molecular formula is C18H23ClN4O. The van der Waals surface area contributed by atoms with Crippen molar-refractivity contribution in [3.63, 3.8) is 0 Å². The maximum atomic E-state index is 12.2. The average molecular weight is 347 g/mol. The van der Waals surface area contributed by atoms with Crippen LogP contribution in [0, 0.1) is 0 Å². The van der Waals surface area contributed by atoms with E-state index in [9.17, 15) is 4.79 Å². The minimum absolute atomic E-state index is 0.121. The first-order chi connectivity index (χ1) is 11.7. The molecule has 0 unspecified atom stereocenters. The number of carbonyl (C=O) groups is 1. The summed E-state index contributed by atoms with van der Waals surface area (Å²) in [7, 11) is 0. The number of aromatic amines is 1. The standard InChI is InChI=1S/C18H23ClN4O/c1-2-3-9-16-21-15(18(19)22-16)11-20-13-10-17(24)23(12-13)14-7-5-4-6-8-14/h4-8,13,20H,2-3,9-12H2,1H3,(H,21,22)/t13-/m0/s1. The highest BCUT2D eigenvalue weighted by Gasteiger charge is 2.30. The number of aryl methyl sites for hydroxylation is 1. The van der Waals surface area contributed by atoms with E-state index in [0.29, 0.717) is 24.7 Å². The predicted molar refractivity (Wildman–Crippen MR) is 96.2 cm³/mol. The van der Waals surface area contributed by atoms with Gasteiger partial charge in [0.15, 0.2) is 5.15 Å². The Balaban J connectivity index is 1.56. The van der Waals surface area contributed by atoms with Gasteiger partial charge in [-0.2, -0.15) is 0 Å². The van der Waals surface area contributed by atoms with E-state index in [4.69, 9.17) is 11.6 Å². The number of hydrogen-bond donors (Lipinski definition) is 2. The van der Waals surface area contributed by atoms with E-state index < -0.39 is 0 Å². The largest absolute Gasteiger partial charge is 0.344 e. The van der Waals surface area contributed by atoms with Crippen molar-refractivity contribution in [3.05, 3.63) is 47.0 Å². The van der Waals surface area contributed by atoms with Gasteiger partial charge in [-0.05, 0) is 18.6 Å². The van der Waals surface area contributed by atoms with E-state index in [0.717, 1.165) is 36.5 Å². The number of imidazole rings is 1.